The fourth-order valence-electron chi connectivity index (χ4n) is 4.67. The molecule has 1 aromatic heterocycles. The van der Waals surface area contributed by atoms with E-state index >= 15 is 0 Å². The second-order valence-corrected chi connectivity index (χ2v) is 10.8. The molecule has 1 saturated heterocycles. The summed E-state index contributed by atoms with van der Waals surface area (Å²) in [4.78, 5) is 26.8. The van der Waals surface area contributed by atoms with Gasteiger partial charge in [0.05, 0.1) is 17.9 Å². The highest BCUT2D eigenvalue weighted by Crippen LogP contribution is 2.29. The third kappa shape index (κ3) is 5.59. The first-order valence-electron chi connectivity index (χ1n) is 11.2. The summed E-state index contributed by atoms with van der Waals surface area (Å²) >= 11 is 0. The van der Waals surface area contributed by atoms with Gasteiger partial charge in [-0.3, -0.25) is 9.59 Å². The van der Waals surface area contributed by atoms with E-state index in [0.29, 0.717) is 18.6 Å². The van der Waals surface area contributed by atoms with Gasteiger partial charge in [-0.05, 0) is 31.4 Å². The minimum Gasteiger partial charge on any atom is -0.461 e. The number of rotatable bonds is 8. The molecule has 32 heavy (non-hydrogen) atoms. The number of ether oxygens (including phenoxy) is 1. The van der Waals surface area contributed by atoms with Crippen molar-refractivity contribution in [3.05, 3.63) is 48.2 Å². The largest absolute Gasteiger partial charge is 0.461 e. The number of carbonyl (C=O) groups excluding carboxylic acids is 2. The second-order valence-electron chi connectivity index (χ2n) is 8.59. The number of hydrogen-bond donors (Lipinski definition) is 0. The lowest BCUT2D eigenvalue weighted by Crippen LogP contribution is -2.48. The molecule has 2 heterocycles. The Morgan fingerprint density at radius 2 is 1.75 bits per heavy atom. The fraction of sp³-hybridized carbons (Fsp3) is 0.500. The Balaban J connectivity index is 1.28. The van der Waals surface area contributed by atoms with Crippen molar-refractivity contribution in [1.29, 1.82) is 0 Å². The molecule has 1 aliphatic heterocycles. The predicted octanol–water partition coefficient (Wildman–Crippen LogP) is 3.38. The number of carbonyl (C=O) groups is 2. The van der Waals surface area contributed by atoms with Crippen LogP contribution in [0.2, 0.25) is 0 Å². The van der Waals surface area contributed by atoms with E-state index in [9.17, 15) is 18.0 Å². The highest BCUT2D eigenvalue weighted by atomic mass is 32.2. The van der Waals surface area contributed by atoms with Crippen LogP contribution in [0.15, 0.2) is 46.9 Å². The van der Waals surface area contributed by atoms with Gasteiger partial charge in [0, 0.05) is 24.1 Å². The molecule has 1 saturated carbocycles. The maximum absolute atomic E-state index is 12.9. The van der Waals surface area contributed by atoms with Crippen molar-refractivity contribution < 1.29 is 27.2 Å². The Labute approximate surface area is 188 Å². The predicted molar refractivity (Wildman–Crippen MR) is 120 cm³/mol. The van der Waals surface area contributed by atoms with Crippen LogP contribution < -0.4 is 0 Å². The molecule has 1 atom stereocenters. The molecule has 2 fully saturated rings. The van der Waals surface area contributed by atoms with Crippen molar-refractivity contribution in [2.24, 2.45) is 0 Å². The summed E-state index contributed by atoms with van der Waals surface area (Å²) in [6.07, 6.45) is 4.75. The monoisotopic (exact) mass is 459 g/mol. The van der Waals surface area contributed by atoms with E-state index in [2.05, 4.69) is 0 Å². The molecule has 1 unspecified atom stereocenters. The minimum atomic E-state index is -3.10. The lowest BCUT2D eigenvalue weighted by Gasteiger charge is -2.33. The van der Waals surface area contributed by atoms with Gasteiger partial charge in [0.25, 0.3) is 5.91 Å². The van der Waals surface area contributed by atoms with Crippen molar-refractivity contribution in [3.8, 4) is 11.3 Å². The van der Waals surface area contributed by atoms with Crippen LogP contribution in [-0.4, -0.2) is 55.4 Å². The molecule has 0 spiro atoms. The zero-order valence-electron chi connectivity index (χ0n) is 18.1. The summed E-state index contributed by atoms with van der Waals surface area (Å²) in [5, 5.41) is 0. The molecule has 2 aromatic rings. The van der Waals surface area contributed by atoms with Gasteiger partial charge in [-0.1, -0.05) is 43.2 Å². The molecule has 1 aromatic carbocycles. The molecular formula is C24H29NO6S. The van der Waals surface area contributed by atoms with Gasteiger partial charge in [0.2, 0.25) is 0 Å². The molecular weight excluding hydrogens is 430 g/mol. The molecule has 7 nitrogen and oxygen atoms in total. The maximum atomic E-state index is 12.9. The van der Waals surface area contributed by atoms with Gasteiger partial charge >= 0.3 is 5.97 Å². The Bertz CT molecular complexity index is 1040. The lowest BCUT2D eigenvalue weighted by atomic mass is 10.1. The Morgan fingerprint density at radius 1 is 1.00 bits per heavy atom. The molecule has 2 aliphatic rings. The van der Waals surface area contributed by atoms with Gasteiger partial charge in [0.1, 0.15) is 11.5 Å². The van der Waals surface area contributed by atoms with Gasteiger partial charge in [0.15, 0.2) is 16.4 Å². The third-order valence-electron chi connectivity index (χ3n) is 6.26. The van der Waals surface area contributed by atoms with E-state index in [4.69, 9.17) is 9.15 Å². The van der Waals surface area contributed by atoms with Crippen molar-refractivity contribution in [2.45, 2.75) is 57.0 Å². The maximum Gasteiger partial charge on any atom is 0.306 e. The summed E-state index contributed by atoms with van der Waals surface area (Å²) < 4.78 is 34.9. The minimum absolute atomic E-state index is 0.00538. The SMILES string of the molecule is O=C(CCc1ccc(-c2ccccc2)o1)OCC(=O)N(C1CCCC1)C1CCS(=O)(=O)C1. The van der Waals surface area contributed by atoms with Crippen LogP contribution >= 0.6 is 0 Å². The second kappa shape index (κ2) is 9.90. The van der Waals surface area contributed by atoms with Crippen LogP contribution in [0.25, 0.3) is 11.3 Å². The first kappa shape index (κ1) is 22.6. The van der Waals surface area contributed by atoms with Gasteiger partial charge in [-0.15, -0.1) is 0 Å². The van der Waals surface area contributed by atoms with Gasteiger partial charge in [-0.25, -0.2) is 8.42 Å². The molecule has 172 valence electrons. The zero-order valence-corrected chi connectivity index (χ0v) is 18.9. The first-order chi connectivity index (χ1) is 15.4. The van der Waals surface area contributed by atoms with Crippen molar-refractivity contribution in [1.82, 2.24) is 4.90 Å². The molecule has 0 N–H and O–H groups in total. The van der Waals surface area contributed by atoms with E-state index in [1.165, 1.54) is 0 Å². The van der Waals surface area contributed by atoms with Crippen LogP contribution in [0, 0.1) is 0 Å². The smallest absolute Gasteiger partial charge is 0.306 e. The molecule has 4 rings (SSSR count). The van der Waals surface area contributed by atoms with E-state index in [0.717, 1.165) is 37.0 Å². The summed E-state index contributed by atoms with van der Waals surface area (Å²) in [6.45, 7) is -0.348. The summed E-state index contributed by atoms with van der Waals surface area (Å²) in [6, 6.07) is 13.1. The number of aryl methyl sites for hydroxylation is 1. The summed E-state index contributed by atoms with van der Waals surface area (Å²) in [5.74, 6) is 0.768. The van der Waals surface area contributed by atoms with E-state index in [-0.39, 0.29) is 42.5 Å². The van der Waals surface area contributed by atoms with Crippen LogP contribution in [-0.2, 0) is 30.6 Å². The molecule has 1 amide bonds. The average Bonchev–Trinajstić information content (AvgIpc) is 3.53. The van der Waals surface area contributed by atoms with Crippen LogP contribution in [0.4, 0.5) is 0 Å². The highest BCUT2D eigenvalue weighted by molar-refractivity contribution is 7.91. The number of benzene rings is 1. The van der Waals surface area contributed by atoms with Gasteiger partial charge < -0.3 is 14.1 Å². The number of furan rings is 1. The Hall–Kier alpha value is -2.61. The van der Waals surface area contributed by atoms with E-state index in [1.807, 2.05) is 42.5 Å². The topological polar surface area (TPSA) is 93.9 Å². The standard InChI is InChI=1S/C24H29NO6S/c26-23(25(19-8-4-5-9-19)20-14-15-32(28,29)17-20)16-30-24(27)13-11-21-10-12-22(31-21)18-6-2-1-3-7-18/h1-3,6-7,10,12,19-20H,4-5,8-9,11,13-17H2. The normalized spacial score (nSPS) is 20.3. The summed E-state index contributed by atoms with van der Waals surface area (Å²) in [7, 11) is -3.10. The Kier molecular flexibility index (Phi) is 6.98. The fourth-order valence-corrected chi connectivity index (χ4v) is 6.38. The molecule has 0 bridgehead atoms. The van der Waals surface area contributed by atoms with Crippen LogP contribution in [0.5, 0.6) is 0 Å². The zero-order chi connectivity index (χ0) is 22.6. The summed E-state index contributed by atoms with van der Waals surface area (Å²) in [5.41, 5.74) is 0.966. The number of sulfone groups is 1. The van der Waals surface area contributed by atoms with Crippen molar-refractivity contribution in [3.63, 3.8) is 0 Å². The third-order valence-corrected chi connectivity index (χ3v) is 8.01. The van der Waals surface area contributed by atoms with Crippen LogP contribution in [0.1, 0.15) is 44.3 Å². The molecule has 1 aliphatic carbocycles. The Morgan fingerprint density at radius 3 is 2.44 bits per heavy atom. The van der Waals surface area contributed by atoms with Crippen molar-refractivity contribution >= 4 is 21.7 Å². The number of nitrogens with zero attached hydrogens (tertiary/aromatic N) is 1. The highest BCUT2D eigenvalue weighted by Gasteiger charge is 2.39. The number of amides is 1. The van der Waals surface area contributed by atoms with Crippen molar-refractivity contribution in [2.75, 3.05) is 18.1 Å². The molecule has 0 radical (unpaired) electrons. The number of hydrogen-bond acceptors (Lipinski definition) is 6. The first-order valence-corrected chi connectivity index (χ1v) is 13.0. The van der Waals surface area contributed by atoms with E-state index in [1.54, 1.807) is 4.90 Å². The van der Waals surface area contributed by atoms with E-state index < -0.39 is 15.8 Å². The quantitative estimate of drug-likeness (QED) is 0.562. The molecule has 8 heteroatoms. The number of esters is 1. The lowest BCUT2D eigenvalue weighted by molar-refractivity contribution is -0.154. The van der Waals surface area contributed by atoms with Crippen LogP contribution in [0.3, 0.4) is 0 Å². The van der Waals surface area contributed by atoms with Gasteiger partial charge in [-0.2, -0.15) is 0 Å². The average molecular weight is 460 g/mol.